The van der Waals surface area contributed by atoms with E-state index in [4.69, 9.17) is 9.84 Å². The first-order valence-electron chi connectivity index (χ1n) is 10.1. The van der Waals surface area contributed by atoms with Crippen LogP contribution in [0.1, 0.15) is 28.8 Å². The molecule has 2 aromatic rings. The Morgan fingerprint density at radius 2 is 1.96 bits per heavy atom. The molecule has 1 amide bonds. The molecule has 0 aromatic heterocycles. The third kappa shape index (κ3) is 4.12. The van der Waals surface area contributed by atoms with Crippen molar-refractivity contribution in [1.29, 1.82) is 0 Å². The lowest BCUT2D eigenvalue weighted by molar-refractivity contribution is -0.0566. The minimum Gasteiger partial charge on any atom is -0.396 e. The van der Waals surface area contributed by atoms with Crippen molar-refractivity contribution in [3.8, 4) is 11.1 Å². The molecule has 2 heterocycles. The lowest BCUT2D eigenvalue weighted by Gasteiger charge is -2.34. The van der Waals surface area contributed by atoms with Gasteiger partial charge < -0.3 is 15.2 Å². The van der Waals surface area contributed by atoms with Crippen LogP contribution in [0.3, 0.4) is 0 Å². The topological polar surface area (TPSA) is 61.8 Å². The molecular weight excluding hydrogens is 352 g/mol. The molecule has 0 aliphatic carbocycles. The first-order valence-corrected chi connectivity index (χ1v) is 10.1. The molecule has 0 unspecified atom stereocenters. The number of ether oxygens (including phenoxy) is 1. The summed E-state index contributed by atoms with van der Waals surface area (Å²) in [5, 5.41) is 12.3. The number of aryl methyl sites for hydroxylation is 1. The Kier molecular flexibility index (Phi) is 5.76. The predicted molar refractivity (Wildman–Crippen MR) is 109 cm³/mol. The van der Waals surface area contributed by atoms with E-state index in [1.54, 1.807) is 0 Å². The number of nitrogens with zero attached hydrogens (tertiary/aromatic N) is 1. The summed E-state index contributed by atoms with van der Waals surface area (Å²) in [6.07, 6.45) is 1.69. The first kappa shape index (κ1) is 19.1. The van der Waals surface area contributed by atoms with Crippen LogP contribution in [0, 0.1) is 6.92 Å². The zero-order valence-corrected chi connectivity index (χ0v) is 16.3. The van der Waals surface area contributed by atoms with Crippen molar-refractivity contribution in [2.75, 3.05) is 26.3 Å². The molecule has 2 saturated heterocycles. The fourth-order valence-corrected chi connectivity index (χ4v) is 4.33. The number of aliphatic hydroxyl groups excluding tert-OH is 1. The number of amides is 1. The molecule has 4 rings (SSSR count). The molecule has 0 spiro atoms. The van der Waals surface area contributed by atoms with Crippen LogP contribution in [0.25, 0.3) is 11.1 Å². The minimum atomic E-state index is -0.0194. The number of hydrogen-bond acceptors (Lipinski definition) is 4. The van der Waals surface area contributed by atoms with Crippen LogP contribution in [0.15, 0.2) is 48.5 Å². The fourth-order valence-electron chi connectivity index (χ4n) is 4.33. The van der Waals surface area contributed by atoms with Gasteiger partial charge in [-0.25, -0.2) is 0 Å². The number of benzene rings is 2. The molecule has 148 valence electrons. The van der Waals surface area contributed by atoms with Gasteiger partial charge in [-0.2, -0.15) is 0 Å². The van der Waals surface area contributed by atoms with E-state index in [2.05, 4.69) is 29.3 Å². The van der Waals surface area contributed by atoms with Crippen molar-refractivity contribution in [3.63, 3.8) is 0 Å². The summed E-state index contributed by atoms with van der Waals surface area (Å²) in [6, 6.07) is 16.6. The highest BCUT2D eigenvalue weighted by molar-refractivity contribution is 5.95. The number of carbonyl (C=O) groups excluding carboxylic acids is 1. The SMILES string of the molecule is Cc1ccccc1-c1ccc(C(=O)N[C@H]2C[C@H]3CO[C@@H](CCO)CN3C2)cc1. The number of carbonyl (C=O) groups is 1. The smallest absolute Gasteiger partial charge is 0.251 e. The van der Waals surface area contributed by atoms with Crippen molar-refractivity contribution in [1.82, 2.24) is 10.2 Å². The summed E-state index contributed by atoms with van der Waals surface area (Å²) in [5.74, 6) is -0.0194. The van der Waals surface area contributed by atoms with Crippen molar-refractivity contribution >= 4 is 5.91 Å². The summed E-state index contributed by atoms with van der Waals surface area (Å²) < 4.78 is 5.82. The maximum atomic E-state index is 12.7. The fraction of sp³-hybridized carbons (Fsp3) is 0.435. The van der Waals surface area contributed by atoms with E-state index in [0.717, 1.165) is 25.1 Å². The van der Waals surface area contributed by atoms with Gasteiger partial charge in [0.1, 0.15) is 0 Å². The average molecular weight is 380 g/mol. The van der Waals surface area contributed by atoms with Crippen molar-refractivity contribution in [2.45, 2.75) is 38.0 Å². The third-order valence-corrected chi connectivity index (χ3v) is 5.88. The molecule has 2 aromatic carbocycles. The van der Waals surface area contributed by atoms with E-state index in [1.165, 1.54) is 11.1 Å². The minimum absolute atomic E-state index is 0.0194. The van der Waals surface area contributed by atoms with E-state index >= 15 is 0 Å². The second-order valence-electron chi connectivity index (χ2n) is 7.87. The Hall–Kier alpha value is -2.21. The van der Waals surface area contributed by atoms with Gasteiger partial charge in [0.15, 0.2) is 0 Å². The molecule has 3 atom stereocenters. The van der Waals surface area contributed by atoms with E-state index in [-0.39, 0.29) is 24.7 Å². The van der Waals surface area contributed by atoms with Gasteiger partial charge in [0.25, 0.3) is 5.91 Å². The van der Waals surface area contributed by atoms with Crippen molar-refractivity contribution in [3.05, 3.63) is 59.7 Å². The van der Waals surface area contributed by atoms with Gasteiger partial charge in [-0.1, -0.05) is 36.4 Å². The van der Waals surface area contributed by atoms with E-state index in [0.29, 0.717) is 24.6 Å². The molecule has 0 saturated carbocycles. The molecule has 2 aliphatic rings. The second-order valence-corrected chi connectivity index (χ2v) is 7.87. The lowest BCUT2D eigenvalue weighted by Crippen LogP contribution is -2.46. The highest BCUT2D eigenvalue weighted by Gasteiger charge is 2.37. The molecule has 2 aliphatic heterocycles. The lowest BCUT2D eigenvalue weighted by atomic mass is 9.99. The van der Waals surface area contributed by atoms with Crippen LogP contribution in [0.5, 0.6) is 0 Å². The Bertz CT molecular complexity index is 821. The van der Waals surface area contributed by atoms with E-state index in [1.807, 2.05) is 36.4 Å². The largest absolute Gasteiger partial charge is 0.396 e. The summed E-state index contributed by atoms with van der Waals surface area (Å²) in [7, 11) is 0. The zero-order valence-electron chi connectivity index (χ0n) is 16.3. The van der Waals surface area contributed by atoms with Gasteiger partial charge in [-0.15, -0.1) is 0 Å². The number of rotatable bonds is 5. The van der Waals surface area contributed by atoms with Crippen LogP contribution in [0.2, 0.25) is 0 Å². The molecule has 2 N–H and O–H groups in total. The molecule has 0 radical (unpaired) electrons. The van der Waals surface area contributed by atoms with Gasteiger partial charge in [-0.05, 0) is 48.6 Å². The molecule has 2 fully saturated rings. The molecule has 0 bridgehead atoms. The number of hydrogen-bond donors (Lipinski definition) is 2. The van der Waals surface area contributed by atoms with Crippen LogP contribution in [-0.4, -0.2) is 60.4 Å². The summed E-state index contributed by atoms with van der Waals surface area (Å²) in [5.41, 5.74) is 4.24. The van der Waals surface area contributed by atoms with Gasteiger partial charge in [0.2, 0.25) is 0 Å². The summed E-state index contributed by atoms with van der Waals surface area (Å²) >= 11 is 0. The monoisotopic (exact) mass is 380 g/mol. The van der Waals surface area contributed by atoms with Gasteiger partial charge in [-0.3, -0.25) is 9.69 Å². The summed E-state index contributed by atoms with van der Waals surface area (Å²) in [6.45, 7) is 4.62. The van der Waals surface area contributed by atoms with Crippen molar-refractivity contribution in [2.24, 2.45) is 0 Å². The summed E-state index contributed by atoms with van der Waals surface area (Å²) in [4.78, 5) is 15.1. The molecular formula is C23H28N2O3. The molecule has 5 nitrogen and oxygen atoms in total. The van der Waals surface area contributed by atoms with Crippen LogP contribution < -0.4 is 5.32 Å². The normalized spacial score (nSPS) is 24.7. The maximum absolute atomic E-state index is 12.7. The van der Waals surface area contributed by atoms with Crippen LogP contribution >= 0.6 is 0 Å². The van der Waals surface area contributed by atoms with E-state index in [9.17, 15) is 4.79 Å². The number of aliphatic hydroxyl groups is 1. The quantitative estimate of drug-likeness (QED) is 0.837. The third-order valence-electron chi connectivity index (χ3n) is 5.88. The van der Waals surface area contributed by atoms with Crippen LogP contribution in [0.4, 0.5) is 0 Å². The average Bonchev–Trinajstić information content (AvgIpc) is 3.10. The van der Waals surface area contributed by atoms with Gasteiger partial charge in [0.05, 0.1) is 12.7 Å². The van der Waals surface area contributed by atoms with E-state index < -0.39 is 0 Å². The Balaban J connectivity index is 1.36. The standard InChI is InChI=1S/C23H28N2O3/c1-16-4-2-3-5-22(16)17-6-8-18(9-7-17)23(27)24-19-12-20-15-28-21(10-11-26)14-25(20)13-19/h2-9,19-21,26H,10-15H2,1H3,(H,24,27)/t19-,20-,21-/m0/s1. The molecule has 28 heavy (non-hydrogen) atoms. The second kappa shape index (κ2) is 8.43. The van der Waals surface area contributed by atoms with Gasteiger partial charge in [0, 0.05) is 37.3 Å². The molecule has 5 heteroatoms. The first-order chi connectivity index (χ1) is 13.6. The maximum Gasteiger partial charge on any atom is 0.251 e. The zero-order chi connectivity index (χ0) is 19.5. The highest BCUT2D eigenvalue weighted by Crippen LogP contribution is 2.25. The number of morpholine rings is 1. The Morgan fingerprint density at radius 3 is 2.71 bits per heavy atom. The Labute approximate surface area is 166 Å². The number of fused-ring (bicyclic) bond motifs is 1. The van der Waals surface area contributed by atoms with Gasteiger partial charge >= 0.3 is 0 Å². The van der Waals surface area contributed by atoms with Crippen molar-refractivity contribution < 1.29 is 14.6 Å². The predicted octanol–water partition coefficient (Wildman–Crippen LogP) is 2.62. The highest BCUT2D eigenvalue weighted by atomic mass is 16.5. The Morgan fingerprint density at radius 1 is 1.18 bits per heavy atom. The van der Waals surface area contributed by atoms with Crippen LogP contribution in [-0.2, 0) is 4.74 Å². The number of nitrogens with one attached hydrogen (secondary N) is 1.